The Balaban J connectivity index is 1.63. The van der Waals surface area contributed by atoms with Crippen LogP contribution in [0.15, 0.2) is 80.7 Å². The number of halogens is 2. The van der Waals surface area contributed by atoms with Crippen LogP contribution in [-0.4, -0.2) is 85.2 Å². The number of hydrogen-bond donors (Lipinski definition) is 1. The summed E-state index contributed by atoms with van der Waals surface area (Å²) in [7, 11) is 3.22. The number of urea groups is 1. The Morgan fingerprint density at radius 3 is 2.10 bits per heavy atom. The van der Waals surface area contributed by atoms with Gasteiger partial charge in [0.1, 0.15) is 23.4 Å². The number of aliphatic hydroxyl groups excluding tert-OH is 1. The number of methoxy groups -OCH3 is 2. The average molecular weight is 672 g/mol. The third-order valence-electron chi connectivity index (χ3n) is 7.40. The number of aliphatic hydroxyl groups is 1. The fourth-order valence-corrected chi connectivity index (χ4v) is 5.82. The molecule has 2 heterocycles. The number of benzene rings is 3. The molecule has 1 saturated heterocycles. The first-order valence-electron chi connectivity index (χ1n) is 13.2. The third kappa shape index (κ3) is 5.90. The molecule has 0 aromatic heterocycles. The third-order valence-corrected chi connectivity index (χ3v) is 8.46. The number of carbonyl (C=O) groups excluding carboxylic acids is 1. The highest BCUT2D eigenvalue weighted by Gasteiger charge is 2.44. The molecule has 1 fully saturated rings. The van der Waals surface area contributed by atoms with E-state index < -0.39 is 0 Å². The zero-order valence-corrected chi connectivity index (χ0v) is 25.6. The molecule has 210 valence electrons. The van der Waals surface area contributed by atoms with Crippen molar-refractivity contribution in [2.45, 2.75) is 12.1 Å². The summed E-state index contributed by atoms with van der Waals surface area (Å²) in [5.74, 6) is 1.80. The second-order valence-corrected chi connectivity index (χ2v) is 11.5. The Hall–Kier alpha value is -2.92. The van der Waals surface area contributed by atoms with Crippen molar-refractivity contribution < 1.29 is 19.4 Å². The molecule has 3 aromatic carbocycles. The highest BCUT2D eigenvalue weighted by Crippen LogP contribution is 2.45. The minimum atomic E-state index is -0.376. The summed E-state index contributed by atoms with van der Waals surface area (Å²) in [5, 5.41) is 9.38. The van der Waals surface area contributed by atoms with Gasteiger partial charge in [0.15, 0.2) is 0 Å². The molecule has 0 aliphatic carbocycles. The molecule has 1 N–H and O–H groups in total. The van der Waals surface area contributed by atoms with Crippen LogP contribution < -0.4 is 9.47 Å². The molecule has 40 heavy (non-hydrogen) atoms. The van der Waals surface area contributed by atoms with Crippen molar-refractivity contribution in [1.82, 2.24) is 14.7 Å². The molecule has 2 aliphatic rings. The molecule has 2 aliphatic heterocycles. The maximum absolute atomic E-state index is 14.5. The SMILES string of the molecule is COc1ccc(C2=NC(c3ccc(Br)cc3)C(c3ccc(Br)cc3)N2C(=O)N2CCN(CCO)CC2)c(OC)c1. The summed E-state index contributed by atoms with van der Waals surface area (Å²) in [4.78, 5) is 25.6. The minimum Gasteiger partial charge on any atom is -0.497 e. The number of aliphatic imine (C=N–C) groups is 1. The second kappa shape index (κ2) is 12.7. The van der Waals surface area contributed by atoms with Gasteiger partial charge in [0, 0.05) is 47.7 Å². The van der Waals surface area contributed by atoms with E-state index in [4.69, 9.17) is 14.5 Å². The van der Waals surface area contributed by atoms with E-state index in [0.29, 0.717) is 50.1 Å². The first kappa shape index (κ1) is 28.6. The Morgan fingerprint density at radius 1 is 0.900 bits per heavy atom. The molecule has 5 rings (SSSR count). The van der Waals surface area contributed by atoms with E-state index in [1.807, 2.05) is 64.4 Å². The van der Waals surface area contributed by atoms with Crippen molar-refractivity contribution in [3.05, 3.63) is 92.4 Å². The first-order chi connectivity index (χ1) is 19.4. The minimum absolute atomic E-state index is 0.104. The van der Waals surface area contributed by atoms with Crippen LogP contribution in [0.1, 0.15) is 28.8 Å². The van der Waals surface area contributed by atoms with Gasteiger partial charge in [-0.05, 0) is 47.5 Å². The summed E-state index contributed by atoms with van der Waals surface area (Å²) in [6.45, 7) is 3.26. The predicted octanol–water partition coefficient (Wildman–Crippen LogP) is 5.50. The lowest BCUT2D eigenvalue weighted by Gasteiger charge is -2.39. The number of amides is 2. The van der Waals surface area contributed by atoms with Crippen LogP contribution in [0.2, 0.25) is 0 Å². The maximum atomic E-state index is 14.5. The zero-order valence-electron chi connectivity index (χ0n) is 22.5. The summed E-state index contributed by atoms with van der Waals surface area (Å²) >= 11 is 7.10. The van der Waals surface area contributed by atoms with Crippen LogP contribution in [-0.2, 0) is 0 Å². The van der Waals surface area contributed by atoms with Gasteiger partial charge in [0.05, 0.1) is 32.4 Å². The lowest BCUT2D eigenvalue weighted by molar-refractivity contribution is 0.108. The number of piperazine rings is 1. The van der Waals surface area contributed by atoms with Gasteiger partial charge < -0.3 is 19.5 Å². The van der Waals surface area contributed by atoms with Gasteiger partial charge in [-0.25, -0.2) is 4.79 Å². The lowest BCUT2D eigenvalue weighted by Crippen LogP contribution is -2.54. The average Bonchev–Trinajstić information content (AvgIpc) is 3.38. The van der Waals surface area contributed by atoms with Crippen LogP contribution >= 0.6 is 31.9 Å². The Bertz CT molecular complexity index is 1360. The van der Waals surface area contributed by atoms with Crippen molar-refractivity contribution in [2.75, 3.05) is 53.6 Å². The molecule has 8 nitrogen and oxygen atoms in total. The van der Waals surface area contributed by atoms with E-state index in [2.05, 4.69) is 48.9 Å². The molecule has 0 radical (unpaired) electrons. The van der Waals surface area contributed by atoms with Crippen molar-refractivity contribution in [2.24, 2.45) is 4.99 Å². The monoisotopic (exact) mass is 670 g/mol. The summed E-state index contributed by atoms with van der Waals surface area (Å²) < 4.78 is 13.1. The maximum Gasteiger partial charge on any atom is 0.326 e. The molecule has 10 heteroatoms. The summed E-state index contributed by atoms with van der Waals surface area (Å²) in [6.07, 6.45) is 0. The van der Waals surface area contributed by atoms with Gasteiger partial charge >= 0.3 is 6.03 Å². The van der Waals surface area contributed by atoms with Crippen molar-refractivity contribution in [3.63, 3.8) is 0 Å². The number of hydrogen-bond acceptors (Lipinski definition) is 6. The fraction of sp³-hybridized carbons (Fsp3) is 0.333. The molecular weight excluding hydrogens is 640 g/mol. The number of nitrogens with zero attached hydrogens (tertiary/aromatic N) is 4. The largest absolute Gasteiger partial charge is 0.497 e. The lowest BCUT2D eigenvalue weighted by atomic mass is 9.94. The normalized spacial score (nSPS) is 19.5. The number of carbonyl (C=O) groups is 1. The topological polar surface area (TPSA) is 77.8 Å². The molecule has 0 saturated carbocycles. The van der Waals surface area contributed by atoms with Crippen LogP contribution in [0.5, 0.6) is 11.5 Å². The van der Waals surface area contributed by atoms with E-state index in [1.165, 1.54) is 0 Å². The van der Waals surface area contributed by atoms with E-state index in [9.17, 15) is 9.90 Å². The number of rotatable bonds is 7. The molecular formula is C30H32Br2N4O4. The highest BCUT2D eigenvalue weighted by molar-refractivity contribution is 9.10. The number of ether oxygens (including phenoxy) is 2. The van der Waals surface area contributed by atoms with E-state index in [-0.39, 0.29) is 24.7 Å². The Kier molecular flexibility index (Phi) is 9.10. The van der Waals surface area contributed by atoms with Gasteiger partial charge in [-0.2, -0.15) is 0 Å². The Morgan fingerprint density at radius 2 is 1.52 bits per heavy atom. The predicted molar refractivity (Wildman–Crippen MR) is 162 cm³/mol. The zero-order chi connectivity index (χ0) is 28.2. The number of amidine groups is 1. The smallest absolute Gasteiger partial charge is 0.326 e. The molecule has 2 amide bonds. The van der Waals surface area contributed by atoms with Gasteiger partial charge in [-0.1, -0.05) is 56.1 Å². The fourth-order valence-electron chi connectivity index (χ4n) is 5.29. The van der Waals surface area contributed by atoms with E-state index >= 15 is 0 Å². The molecule has 2 atom stereocenters. The molecule has 0 bridgehead atoms. The van der Waals surface area contributed by atoms with Crippen molar-refractivity contribution in [3.8, 4) is 11.5 Å². The summed E-state index contributed by atoms with van der Waals surface area (Å²) in [5.41, 5.74) is 2.70. The molecule has 2 unspecified atom stereocenters. The van der Waals surface area contributed by atoms with Gasteiger partial charge in [-0.3, -0.25) is 14.8 Å². The standard InChI is InChI=1S/C30H32Br2N4O4/c1-39-24-11-12-25(26(19-24)40-2)29-33-27(20-3-7-22(31)8-4-20)28(21-5-9-23(32)10-6-21)36(29)30(38)35-15-13-34(14-16-35)17-18-37/h3-12,19,27-28,37H,13-18H2,1-2H3. The Labute approximate surface area is 251 Å². The first-order valence-corrected chi connectivity index (χ1v) is 14.7. The summed E-state index contributed by atoms with van der Waals surface area (Å²) in [6, 6.07) is 20.9. The quantitative estimate of drug-likeness (QED) is 0.359. The van der Waals surface area contributed by atoms with E-state index in [0.717, 1.165) is 25.6 Å². The van der Waals surface area contributed by atoms with E-state index in [1.54, 1.807) is 14.2 Å². The highest BCUT2D eigenvalue weighted by atomic mass is 79.9. The van der Waals surface area contributed by atoms with Crippen LogP contribution in [0.25, 0.3) is 0 Å². The van der Waals surface area contributed by atoms with Gasteiger partial charge in [0.2, 0.25) is 0 Å². The van der Waals surface area contributed by atoms with Crippen molar-refractivity contribution in [1.29, 1.82) is 0 Å². The second-order valence-electron chi connectivity index (χ2n) is 9.72. The van der Waals surface area contributed by atoms with Crippen LogP contribution in [0.4, 0.5) is 4.79 Å². The van der Waals surface area contributed by atoms with Crippen molar-refractivity contribution >= 4 is 43.7 Å². The van der Waals surface area contributed by atoms with Gasteiger partial charge in [-0.15, -0.1) is 0 Å². The van der Waals surface area contributed by atoms with Crippen LogP contribution in [0.3, 0.4) is 0 Å². The number of β-amino-alcohol motifs (C(OH)–C–C–N with tert-alkyl or cyclic N) is 1. The van der Waals surface area contributed by atoms with Crippen LogP contribution in [0, 0.1) is 0 Å². The molecule has 3 aromatic rings. The molecule has 0 spiro atoms. The van der Waals surface area contributed by atoms with Gasteiger partial charge in [0.25, 0.3) is 0 Å².